The summed E-state index contributed by atoms with van der Waals surface area (Å²) in [4.78, 5) is 18.2. The van der Waals surface area contributed by atoms with Crippen LogP contribution in [0, 0.1) is 19.3 Å². The Bertz CT molecular complexity index is 1270. The zero-order chi connectivity index (χ0) is 22.6. The molecular formula is C26H28N4O2. The molecule has 6 heteroatoms. The number of carbonyl (C=O) groups excluding carboxylic acids is 1. The van der Waals surface area contributed by atoms with Crippen molar-refractivity contribution in [2.75, 3.05) is 12.4 Å². The summed E-state index contributed by atoms with van der Waals surface area (Å²) in [6.45, 7) is 8.45. The maximum atomic E-state index is 13.4. The standard InChI is InChI=1S/C26H28N4O2/c1-15-10-11-17(12-16(15)2)24-28-25-27-19-13-26(3,4)14-20(31)22(19)23(30(25)29-24)18-8-6-7-9-21(18)32-5/h6-12,23H,13-14H2,1-5H3,(H,27,28,29). The van der Waals surface area contributed by atoms with Crippen LogP contribution in [-0.2, 0) is 4.79 Å². The van der Waals surface area contributed by atoms with Gasteiger partial charge < -0.3 is 10.1 Å². The molecule has 164 valence electrons. The quantitative estimate of drug-likeness (QED) is 0.619. The van der Waals surface area contributed by atoms with Crippen molar-refractivity contribution >= 4 is 11.7 Å². The molecule has 1 N–H and O–H groups in total. The van der Waals surface area contributed by atoms with Gasteiger partial charge in [0.25, 0.3) is 0 Å². The number of aromatic nitrogens is 3. The summed E-state index contributed by atoms with van der Waals surface area (Å²) in [6, 6.07) is 13.7. The van der Waals surface area contributed by atoms with Gasteiger partial charge in [-0.2, -0.15) is 4.98 Å². The number of nitrogens with zero attached hydrogens (tertiary/aromatic N) is 3. The molecule has 1 unspecified atom stereocenters. The summed E-state index contributed by atoms with van der Waals surface area (Å²) in [6.07, 6.45) is 1.29. The summed E-state index contributed by atoms with van der Waals surface area (Å²) in [7, 11) is 1.66. The molecule has 0 fully saturated rings. The molecule has 5 rings (SSSR count). The summed E-state index contributed by atoms with van der Waals surface area (Å²) in [5.74, 6) is 2.17. The number of benzene rings is 2. The third-order valence-electron chi connectivity index (χ3n) is 6.53. The fourth-order valence-corrected chi connectivity index (χ4v) is 4.79. The van der Waals surface area contributed by atoms with E-state index in [4.69, 9.17) is 14.8 Å². The Morgan fingerprint density at radius 3 is 2.62 bits per heavy atom. The molecule has 0 radical (unpaired) electrons. The van der Waals surface area contributed by atoms with Crippen LogP contribution in [-0.4, -0.2) is 27.7 Å². The lowest BCUT2D eigenvalue weighted by Crippen LogP contribution is -2.36. The number of carbonyl (C=O) groups is 1. The Morgan fingerprint density at radius 2 is 1.88 bits per heavy atom. The van der Waals surface area contributed by atoms with E-state index in [0.717, 1.165) is 34.6 Å². The van der Waals surface area contributed by atoms with E-state index in [2.05, 4.69) is 45.1 Å². The zero-order valence-corrected chi connectivity index (χ0v) is 19.2. The van der Waals surface area contributed by atoms with Crippen LogP contribution in [0.5, 0.6) is 5.75 Å². The highest BCUT2D eigenvalue weighted by Crippen LogP contribution is 2.47. The number of ketones is 1. The Labute approximate surface area is 188 Å². The molecule has 2 heterocycles. The summed E-state index contributed by atoms with van der Waals surface area (Å²) < 4.78 is 7.52. The first-order chi connectivity index (χ1) is 15.3. The Balaban J connectivity index is 1.71. The van der Waals surface area contributed by atoms with Crippen LogP contribution in [0.15, 0.2) is 53.7 Å². The Kier molecular flexibility index (Phi) is 4.69. The monoisotopic (exact) mass is 428 g/mol. The highest BCUT2D eigenvalue weighted by molar-refractivity contribution is 6.00. The number of para-hydroxylation sites is 1. The lowest BCUT2D eigenvalue weighted by atomic mass is 9.73. The van der Waals surface area contributed by atoms with Gasteiger partial charge in [0, 0.05) is 28.8 Å². The first-order valence-electron chi connectivity index (χ1n) is 11.0. The topological polar surface area (TPSA) is 69.0 Å². The molecule has 1 aromatic heterocycles. The first-order valence-corrected chi connectivity index (χ1v) is 11.0. The molecule has 6 nitrogen and oxygen atoms in total. The number of rotatable bonds is 3. The van der Waals surface area contributed by atoms with E-state index < -0.39 is 0 Å². The number of fused-ring (bicyclic) bond motifs is 1. The second-order valence-corrected chi connectivity index (χ2v) is 9.61. The number of ether oxygens (including phenoxy) is 1. The normalized spacial score (nSPS) is 19.3. The molecule has 0 bridgehead atoms. The predicted molar refractivity (Wildman–Crippen MR) is 125 cm³/mol. The molecule has 2 aromatic carbocycles. The van der Waals surface area contributed by atoms with Gasteiger partial charge in [-0.25, -0.2) is 4.68 Å². The number of Topliss-reactive ketones (excluding diaryl/α,β-unsaturated/α-hetero) is 1. The van der Waals surface area contributed by atoms with Crippen molar-refractivity contribution in [3.63, 3.8) is 0 Å². The number of methoxy groups -OCH3 is 1. The molecule has 32 heavy (non-hydrogen) atoms. The zero-order valence-electron chi connectivity index (χ0n) is 19.2. The van der Waals surface area contributed by atoms with Gasteiger partial charge in [0.1, 0.15) is 11.8 Å². The molecular weight excluding hydrogens is 400 g/mol. The molecule has 1 atom stereocenters. The lowest BCUT2D eigenvalue weighted by Gasteiger charge is -2.38. The second kappa shape index (κ2) is 7.33. The average molecular weight is 429 g/mol. The minimum absolute atomic E-state index is 0.104. The van der Waals surface area contributed by atoms with Crippen LogP contribution in [0.2, 0.25) is 0 Å². The van der Waals surface area contributed by atoms with Crippen molar-refractivity contribution in [2.45, 2.75) is 46.6 Å². The molecule has 1 aliphatic carbocycles. The number of hydrogen-bond donors (Lipinski definition) is 1. The third kappa shape index (κ3) is 3.30. The highest BCUT2D eigenvalue weighted by Gasteiger charge is 2.42. The number of hydrogen-bond acceptors (Lipinski definition) is 5. The predicted octanol–water partition coefficient (Wildman–Crippen LogP) is 5.23. The fraction of sp³-hybridized carbons (Fsp3) is 0.346. The average Bonchev–Trinajstić information content (AvgIpc) is 3.17. The minimum atomic E-state index is -0.381. The van der Waals surface area contributed by atoms with Gasteiger partial charge in [-0.05, 0) is 48.9 Å². The van der Waals surface area contributed by atoms with Gasteiger partial charge in [-0.1, -0.05) is 44.2 Å². The molecule has 0 saturated heterocycles. The number of anilines is 1. The van der Waals surface area contributed by atoms with Crippen LogP contribution >= 0.6 is 0 Å². The largest absolute Gasteiger partial charge is 0.496 e. The second-order valence-electron chi connectivity index (χ2n) is 9.61. The van der Waals surface area contributed by atoms with Crippen LogP contribution in [0.1, 0.15) is 49.4 Å². The molecule has 1 aliphatic heterocycles. The van der Waals surface area contributed by atoms with E-state index in [-0.39, 0.29) is 17.2 Å². The number of nitrogens with one attached hydrogen (secondary N) is 1. The molecule has 0 spiro atoms. The van der Waals surface area contributed by atoms with Crippen LogP contribution in [0.25, 0.3) is 11.4 Å². The first kappa shape index (κ1) is 20.5. The van der Waals surface area contributed by atoms with Crippen molar-refractivity contribution in [3.8, 4) is 17.1 Å². The van der Waals surface area contributed by atoms with Crippen LogP contribution in [0.4, 0.5) is 5.95 Å². The van der Waals surface area contributed by atoms with Crippen molar-refractivity contribution in [3.05, 3.63) is 70.4 Å². The molecule has 3 aromatic rings. The van der Waals surface area contributed by atoms with Crippen LogP contribution in [0.3, 0.4) is 0 Å². The van der Waals surface area contributed by atoms with Gasteiger partial charge in [0.05, 0.1) is 7.11 Å². The van der Waals surface area contributed by atoms with E-state index in [0.29, 0.717) is 18.2 Å². The van der Waals surface area contributed by atoms with Gasteiger partial charge in [-0.3, -0.25) is 4.79 Å². The van der Waals surface area contributed by atoms with E-state index in [1.165, 1.54) is 11.1 Å². The molecule has 0 amide bonds. The van der Waals surface area contributed by atoms with E-state index in [9.17, 15) is 4.79 Å². The van der Waals surface area contributed by atoms with Gasteiger partial charge in [0.2, 0.25) is 5.95 Å². The van der Waals surface area contributed by atoms with Crippen molar-refractivity contribution < 1.29 is 9.53 Å². The fourth-order valence-electron chi connectivity index (χ4n) is 4.79. The maximum absolute atomic E-state index is 13.4. The van der Waals surface area contributed by atoms with Gasteiger partial charge >= 0.3 is 0 Å². The van der Waals surface area contributed by atoms with Crippen molar-refractivity contribution in [1.29, 1.82) is 0 Å². The van der Waals surface area contributed by atoms with E-state index in [1.54, 1.807) is 7.11 Å². The number of aryl methyl sites for hydroxylation is 2. The Morgan fingerprint density at radius 1 is 1.09 bits per heavy atom. The van der Waals surface area contributed by atoms with Crippen LogP contribution < -0.4 is 10.1 Å². The molecule has 0 saturated carbocycles. The molecule has 2 aliphatic rings. The van der Waals surface area contributed by atoms with E-state index >= 15 is 0 Å². The van der Waals surface area contributed by atoms with E-state index in [1.807, 2.05) is 35.0 Å². The van der Waals surface area contributed by atoms with Crippen molar-refractivity contribution in [1.82, 2.24) is 14.8 Å². The summed E-state index contributed by atoms with van der Waals surface area (Å²) in [5.41, 5.74) is 5.89. The number of allylic oxidation sites excluding steroid dienone is 2. The Hall–Kier alpha value is -3.41. The summed E-state index contributed by atoms with van der Waals surface area (Å²) >= 11 is 0. The minimum Gasteiger partial charge on any atom is -0.496 e. The SMILES string of the molecule is COc1ccccc1C1C2=C(CC(C)(C)CC2=O)Nc2nc(-c3ccc(C)c(C)c3)nn21. The smallest absolute Gasteiger partial charge is 0.226 e. The maximum Gasteiger partial charge on any atom is 0.226 e. The summed E-state index contributed by atoms with van der Waals surface area (Å²) in [5, 5.41) is 8.33. The van der Waals surface area contributed by atoms with Gasteiger partial charge in [-0.15, -0.1) is 5.10 Å². The lowest BCUT2D eigenvalue weighted by molar-refractivity contribution is -0.118. The highest BCUT2D eigenvalue weighted by atomic mass is 16.5. The third-order valence-corrected chi connectivity index (χ3v) is 6.53. The van der Waals surface area contributed by atoms with Gasteiger partial charge in [0.15, 0.2) is 11.6 Å². The van der Waals surface area contributed by atoms with Crippen molar-refractivity contribution in [2.24, 2.45) is 5.41 Å².